The predicted octanol–water partition coefficient (Wildman–Crippen LogP) is -0.728. The third-order valence-corrected chi connectivity index (χ3v) is 2.41. The summed E-state index contributed by atoms with van der Waals surface area (Å²) in [6.07, 6.45) is 0. The van der Waals surface area contributed by atoms with Gasteiger partial charge in [0.25, 0.3) is 0 Å². The quantitative estimate of drug-likeness (QED) is 0.519. The van der Waals surface area contributed by atoms with Crippen LogP contribution in [0.25, 0.3) is 0 Å². The first-order chi connectivity index (χ1) is 7.34. The monoisotopic (exact) mass is 239 g/mol. The summed E-state index contributed by atoms with van der Waals surface area (Å²) in [6.45, 7) is 0. The molecule has 1 aromatic rings. The molecule has 3 amide bonds. The van der Waals surface area contributed by atoms with Gasteiger partial charge in [0.05, 0.1) is 11.1 Å². The molecule has 0 saturated heterocycles. The van der Waals surface area contributed by atoms with E-state index in [4.69, 9.17) is 17.2 Å². The van der Waals surface area contributed by atoms with E-state index in [-0.39, 0.29) is 21.6 Å². The van der Waals surface area contributed by atoms with Crippen molar-refractivity contribution in [2.24, 2.45) is 17.2 Å². The molecule has 7 heteroatoms. The number of carbonyl (C=O) groups is 3. The number of thiol groups is 1. The van der Waals surface area contributed by atoms with Crippen LogP contribution in [0.1, 0.15) is 31.1 Å². The van der Waals surface area contributed by atoms with Gasteiger partial charge in [-0.25, -0.2) is 0 Å². The fourth-order valence-electron chi connectivity index (χ4n) is 1.15. The molecule has 0 aliphatic rings. The summed E-state index contributed by atoms with van der Waals surface area (Å²) in [5.41, 5.74) is 15.0. The zero-order valence-electron chi connectivity index (χ0n) is 8.06. The van der Waals surface area contributed by atoms with Gasteiger partial charge in [-0.05, 0) is 12.1 Å². The molecule has 0 aliphatic carbocycles. The number of hydrogen-bond donors (Lipinski definition) is 4. The van der Waals surface area contributed by atoms with E-state index in [0.717, 1.165) is 0 Å². The third-order valence-electron chi connectivity index (χ3n) is 1.93. The fraction of sp³-hybridized carbons (Fsp3) is 0. The van der Waals surface area contributed by atoms with E-state index in [1.807, 2.05) is 0 Å². The number of rotatable bonds is 3. The Balaban J connectivity index is 3.57. The highest BCUT2D eigenvalue weighted by Crippen LogP contribution is 2.21. The van der Waals surface area contributed by atoms with Crippen molar-refractivity contribution in [2.75, 3.05) is 0 Å². The zero-order chi connectivity index (χ0) is 12.5. The SMILES string of the molecule is NC(=O)c1cc(C(N)=O)c(S)c(C(N)=O)c1. The number of hydrogen-bond acceptors (Lipinski definition) is 4. The van der Waals surface area contributed by atoms with Gasteiger partial charge in [0.15, 0.2) is 0 Å². The molecule has 6 N–H and O–H groups in total. The Labute approximate surface area is 96.2 Å². The van der Waals surface area contributed by atoms with Crippen molar-refractivity contribution in [3.63, 3.8) is 0 Å². The van der Waals surface area contributed by atoms with Gasteiger partial charge in [-0.2, -0.15) is 0 Å². The van der Waals surface area contributed by atoms with Crippen LogP contribution in [0.15, 0.2) is 17.0 Å². The van der Waals surface area contributed by atoms with Crippen molar-refractivity contribution < 1.29 is 14.4 Å². The van der Waals surface area contributed by atoms with Gasteiger partial charge in [-0.3, -0.25) is 14.4 Å². The van der Waals surface area contributed by atoms with E-state index < -0.39 is 17.7 Å². The van der Waals surface area contributed by atoms with Crippen LogP contribution in [0.2, 0.25) is 0 Å². The number of nitrogens with two attached hydrogens (primary N) is 3. The van der Waals surface area contributed by atoms with Crippen LogP contribution in [0, 0.1) is 0 Å². The highest BCUT2D eigenvalue weighted by molar-refractivity contribution is 7.80. The molecule has 84 valence electrons. The molecule has 1 aromatic carbocycles. The molecule has 0 heterocycles. The first-order valence-corrected chi connectivity index (χ1v) is 4.55. The average molecular weight is 239 g/mol. The van der Waals surface area contributed by atoms with E-state index in [1.54, 1.807) is 0 Å². The summed E-state index contributed by atoms with van der Waals surface area (Å²) in [5, 5.41) is 0. The lowest BCUT2D eigenvalue weighted by Gasteiger charge is -2.07. The summed E-state index contributed by atoms with van der Waals surface area (Å²) < 4.78 is 0. The Morgan fingerprint density at radius 2 is 1.25 bits per heavy atom. The van der Waals surface area contributed by atoms with E-state index >= 15 is 0 Å². The maximum Gasteiger partial charge on any atom is 0.249 e. The second-order valence-electron chi connectivity index (χ2n) is 3.01. The lowest BCUT2D eigenvalue weighted by Crippen LogP contribution is -2.20. The van der Waals surface area contributed by atoms with Crippen LogP contribution >= 0.6 is 12.6 Å². The standard InChI is InChI=1S/C9H9N3O3S/c10-7(13)3-1-4(8(11)14)6(16)5(2-3)9(12)15/h1-2,16H,(H2,10,13)(H2,11,14)(H2,12,15). The molecule has 6 nitrogen and oxygen atoms in total. The van der Waals surface area contributed by atoms with Gasteiger partial charge in [0.2, 0.25) is 17.7 Å². The minimum Gasteiger partial charge on any atom is -0.366 e. The summed E-state index contributed by atoms with van der Waals surface area (Å²) in [5.74, 6) is -2.44. The molecular weight excluding hydrogens is 230 g/mol. The maximum atomic E-state index is 11.0. The molecule has 16 heavy (non-hydrogen) atoms. The van der Waals surface area contributed by atoms with Crippen LogP contribution in [0.3, 0.4) is 0 Å². The van der Waals surface area contributed by atoms with Crippen molar-refractivity contribution in [2.45, 2.75) is 4.90 Å². The smallest absolute Gasteiger partial charge is 0.249 e. The fourth-order valence-corrected chi connectivity index (χ4v) is 1.50. The van der Waals surface area contributed by atoms with Crippen molar-refractivity contribution in [1.29, 1.82) is 0 Å². The molecule has 0 atom stereocenters. The summed E-state index contributed by atoms with van der Waals surface area (Å²) in [6, 6.07) is 2.33. The van der Waals surface area contributed by atoms with Crippen molar-refractivity contribution in [3.05, 3.63) is 28.8 Å². The van der Waals surface area contributed by atoms with Gasteiger partial charge >= 0.3 is 0 Å². The predicted molar refractivity (Wildman–Crippen MR) is 59.2 cm³/mol. The largest absolute Gasteiger partial charge is 0.366 e. The zero-order valence-corrected chi connectivity index (χ0v) is 8.95. The van der Waals surface area contributed by atoms with E-state index in [9.17, 15) is 14.4 Å². The Morgan fingerprint density at radius 1 is 0.875 bits per heavy atom. The third kappa shape index (κ3) is 2.14. The number of benzene rings is 1. The van der Waals surface area contributed by atoms with Crippen molar-refractivity contribution >= 4 is 30.4 Å². The maximum absolute atomic E-state index is 11.0. The summed E-state index contributed by atoms with van der Waals surface area (Å²) in [4.78, 5) is 33.1. The normalized spacial score (nSPS) is 9.81. The summed E-state index contributed by atoms with van der Waals surface area (Å²) in [7, 11) is 0. The molecule has 0 bridgehead atoms. The highest BCUT2D eigenvalue weighted by Gasteiger charge is 2.17. The van der Waals surface area contributed by atoms with Crippen LogP contribution in [0.4, 0.5) is 0 Å². The van der Waals surface area contributed by atoms with Crippen LogP contribution < -0.4 is 17.2 Å². The Morgan fingerprint density at radius 3 is 1.50 bits per heavy atom. The Kier molecular flexibility index (Phi) is 3.19. The number of amides is 3. The van der Waals surface area contributed by atoms with Gasteiger partial charge in [0.1, 0.15) is 0 Å². The van der Waals surface area contributed by atoms with Crippen molar-refractivity contribution in [1.82, 2.24) is 0 Å². The molecule has 0 radical (unpaired) electrons. The second-order valence-corrected chi connectivity index (χ2v) is 3.46. The lowest BCUT2D eigenvalue weighted by atomic mass is 10.0. The van der Waals surface area contributed by atoms with E-state index in [0.29, 0.717) is 0 Å². The first-order valence-electron chi connectivity index (χ1n) is 4.11. The molecule has 0 unspecified atom stereocenters. The van der Waals surface area contributed by atoms with E-state index in [2.05, 4.69) is 12.6 Å². The second kappa shape index (κ2) is 4.23. The molecule has 0 spiro atoms. The molecule has 0 aliphatic heterocycles. The van der Waals surface area contributed by atoms with Gasteiger partial charge in [-0.15, -0.1) is 12.6 Å². The molecule has 0 saturated carbocycles. The van der Waals surface area contributed by atoms with Gasteiger partial charge < -0.3 is 17.2 Å². The Bertz CT molecular complexity index is 464. The highest BCUT2D eigenvalue weighted by atomic mass is 32.1. The van der Waals surface area contributed by atoms with Crippen LogP contribution in [0.5, 0.6) is 0 Å². The topological polar surface area (TPSA) is 129 Å². The van der Waals surface area contributed by atoms with Gasteiger partial charge in [-0.1, -0.05) is 0 Å². The molecule has 1 rings (SSSR count). The summed E-state index contributed by atoms with van der Waals surface area (Å²) >= 11 is 3.95. The molecule has 0 aromatic heterocycles. The van der Waals surface area contributed by atoms with Crippen LogP contribution in [-0.2, 0) is 0 Å². The minimum atomic E-state index is -0.824. The van der Waals surface area contributed by atoms with Crippen molar-refractivity contribution in [3.8, 4) is 0 Å². The molecule has 0 fully saturated rings. The Hall–Kier alpha value is -2.02. The van der Waals surface area contributed by atoms with E-state index in [1.165, 1.54) is 12.1 Å². The lowest BCUT2D eigenvalue weighted by molar-refractivity contribution is 0.0996. The number of primary amides is 3. The average Bonchev–Trinajstić information content (AvgIpc) is 2.16. The minimum absolute atomic E-state index is 0.0274. The first kappa shape index (κ1) is 12.1. The molecular formula is C9H9N3O3S. The number of carbonyl (C=O) groups excluding carboxylic acids is 3. The van der Waals surface area contributed by atoms with Gasteiger partial charge in [0, 0.05) is 10.5 Å². The van der Waals surface area contributed by atoms with Crippen LogP contribution in [-0.4, -0.2) is 17.7 Å².